The third-order valence-corrected chi connectivity index (χ3v) is 5.18. The van der Waals surface area contributed by atoms with Gasteiger partial charge in [0.25, 0.3) is 5.56 Å². The summed E-state index contributed by atoms with van der Waals surface area (Å²) in [6.07, 6.45) is 1.73. The number of nitrogens with one attached hydrogen (secondary N) is 1. The van der Waals surface area contributed by atoms with Gasteiger partial charge in [0, 0.05) is 11.1 Å². The maximum Gasteiger partial charge on any atom is 0.263 e. The van der Waals surface area contributed by atoms with E-state index in [9.17, 15) is 4.79 Å². The van der Waals surface area contributed by atoms with Crippen LogP contribution in [0.25, 0.3) is 10.2 Å². The monoisotopic (exact) mass is 317 g/mol. The summed E-state index contributed by atoms with van der Waals surface area (Å²) in [4.78, 5) is 22.3. The molecule has 0 spiro atoms. The number of H-pyrrole nitrogens is 1. The average molecular weight is 317 g/mol. The van der Waals surface area contributed by atoms with E-state index in [1.807, 2.05) is 32.9 Å². The first-order chi connectivity index (χ1) is 9.99. The summed E-state index contributed by atoms with van der Waals surface area (Å²) in [5.74, 6) is 0. The molecular formula is C15H15N3OS2. The molecule has 0 fully saturated rings. The molecule has 1 N–H and O–H groups in total. The van der Waals surface area contributed by atoms with Crippen molar-refractivity contribution in [1.29, 1.82) is 0 Å². The molecule has 0 aromatic carbocycles. The van der Waals surface area contributed by atoms with E-state index >= 15 is 0 Å². The minimum atomic E-state index is -0.0411. The first kappa shape index (κ1) is 14.2. The minimum Gasteiger partial charge on any atom is -0.323 e. The quantitative estimate of drug-likeness (QED) is 0.736. The number of aryl methyl sites for hydroxylation is 3. The lowest BCUT2D eigenvalue weighted by atomic mass is 10.2. The van der Waals surface area contributed by atoms with Crippen LogP contribution in [0.2, 0.25) is 0 Å². The van der Waals surface area contributed by atoms with E-state index in [4.69, 9.17) is 12.2 Å². The molecule has 0 atom stereocenters. The highest BCUT2D eigenvalue weighted by atomic mass is 32.1. The van der Waals surface area contributed by atoms with Crippen LogP contribution in [-0.4, -0.2) is 14.5 Å². The number of aromatic nitrogens is 3. The molecule has 0 bridgehead atoms. The van der Waals surface area contributed by atoms with E-state index in [-0.39, 0.29) is 5.56 Å². The molecule has 21 heavy (non-hydrogen) atoms. The Bertz CT molecular complexity index is 950. The second kappa shape index (κ2) is 5.20. The van der Waals surface area contributed by atoms with Crippen molar-refractivity contribution in [3.8, 4) is 0 Å². The van der Waals surface area contributed by atoms with E-state index in [1.165, 1.54) is 0 Å². The molecule has 108 valence electrons. The fraction of sp³-hybridized carbons (Fsp3) is 0.267. The van der Waals surface area contributed by atoms with Gasteiger partial charge in [-0.15, -0.1) is 11.3 Å². The van der Waals surface area contributed by atoms with Crippen molar-refractivity contribution < 1.29 is 0 Å². The summed E-state index contributed by atoms with van der Waals surface area (Å²) < 4.78 is 2.03. The molecule has 0 amide bonds. The van der Waals surface area contributed by atoms with Crippen LogP contribution in [0.1, 0.15) is 21.7 Å². The molecule has 0 aliphatic rings. The Kier molecular flexibility index (Phi) is 3.51. The van der Waals surface area contributed by atoms with E-state index in [1.54, 1.807) is 22.1 Å². The van der Waals surface area contributed by atoms with Crippen LogP contribution in [0.5, 0.6) is 0 Å². The number of pyridine rings is 1. The average Bonchev–Trinajstić information content (AvgIpc) is 2.72. The second-order valence-corrected chi connectivity index (χ2v) is 6.69. The predicted molar refractivity (Wildman–Crippen MR) is 88.8 cm³/mol. The van der Waals surface area contributed by atoms with Crippen LogP contribution in [0, 0.1) is 25.5 Å². The first-order valence-electron chi connectivity index (χ1n) is 6.62. The van der Waals surface area contributed by atoms with Crippen LogP contribution >= 0.6 is 23.6 Å². The zero-order chi connectivity index (χ0) is 15.1. The molecule has 6 heteroatoms. The predicted octanol–water partition coefficient (Wildman–Crippen LogP) is 3.49. The zero-order valence-electron chi connectivity index (χ0n) is 12.1. The smallest absolute Gasteiger partial charge is 0.263 e. The Balaban J connectivity index is 2.24. The van der Waals surface area contributed by atoms with Gasteiger partial charge in [0.2, 0.25) is 0 Å². The number of aromatic amines is 1. The fourth-order valence-corrected chi connectivity index (χ4v) is 3.71. The van der Waals surface area contributed by atoms with Gasteiger partial charge in [-0.25, -0.2) is 0 Å². The van der Waals surface area contributed by atoms with Gasteiger partial charge in [-0.1, -0.05) is 6.07 Å². The van der Waals surface area contributed by atoms with E-state index in [0.29, 0.717) is 11.3 Å². The maximum atomic E-state index is 12.8. The summed E-state index contributed by atoms with van der Waals surface area (Å²) >= 11 is 6.92. The highest BCUT2D eigenvalue weighted by molar-refractivity contribution is 7.71. The number of fused-ring (bicyclic) bond motifs is 1. The summed E-state index contributed by atoms with van der Waals surface area (Å²) in [5, 5.41) is 0.736. The topological polar surface area (TPSA) is 50.7 Å². The molecule has 0 saturated heterocycles. The molecule has 3 heterocycles. The summed E-state index contributed by atoms with van der Waals surface area (Å²) in [7, 11) is 0. The van der Waals surface area contributed by atoms with Gasteiger partial charge in [0.15, 0.2) is 4.77 Å². The Morgan fingerprint density at radius 3 is 2.86 bits per heavy atom. The SMILES string of the molecule is Cc1cccnc1Cn1c(=S)[nH]c2sc(C)c(C)c2c1=O. The van der Waals surface area contributed by atoms with Crippen LogP contribution < -0.4 is 5.56 Å². The largest absolute Gasteiger partial charge is 0.323 e. The van der Waals surface area contributed by atoms with Crippen molar-refractivity contribution in [3.05, 3.63) is 55.2 Å². The summed E-state index contributed by atoms with van der Waals surface area (Å²) in [6.45, 7) is 6.37. The molecular weight excluding hydrogens is 302 g/mol. The maximum absolute atomic E-state index is 12.8. The lowest BCUT2D eigenvalue weighted by Gasteiger charge is -2.08. The van der Waals surface area contributed by atoms with Crippen molar-refractivity contribution in [3.63, 3.8) is 0 Å². The number of hydrogen-bond acceptors (Lipinski definition) is 4. The lowest BCUT2D eigenvalue weighted by molar-refractivity contribution is 0.713. The molecule has 0 radical (unpaired) electrons. The molecule has 0 unspecified atom stereocenters. The summed E-state index contributed by atoms with van der Waals surface area (Å²) in [5.41, 5.74) is 2.90. The Morgan fingerprint density at radius 2 is 2.14 bits per heavy atom. The number of hydrogen-bond donors (Lipinski definition) is 1. The molecule has 4 nitrogen and oxygen atoms in total. The number of nitrogens with zero attached hydrogens (tertiary/aromatic N) is 2. The number of rotatable bonds is 2. The van der Waals surface area contributed by atoms with Gasteiger partial charge in [-0.05, 0) is 50.2 Å². The molecule has 0 saturated carbocycles. The third-order valence-electron chi connectivity index (χ3n) is 3.74. The Labute approximate surface area is 131 Å². The van der Waals surface area contributed by atoms with Crippen LogP contribution in [0.4, 0.5) is 0 Å². The third kappa shape index (κ3) is 2.34. The van der Waals surface area contributed by atoms with Crippen molar-refractivity contribution in [1.82, 2.24) is 14.5 Å². The van der Waals surface area contributed by atoms with Gasteiger partial charge in [0.1, 0.15) is 4.83 Å². The molecule has 0 aliphatic carbocycles. The minimum absolute atomic E-state index is 0.0411. The molecule has 3 rings (SSSR count). The van der Waals surface area contributed by atoms with Gasteiger partial charge in [-0.2, -0.15) is 0 Å². The molecule has 3 aromatic heterocycles. The fourth-order valence-electron chi connectivity index (χ4n) is 2.34. The van der Waals surface area contributed by atoms with Gasteiger partial charge in [-0.3, -0.25) is 14.3 Å². The van der Waals surface area contributed by atoms with Crippen molar-refractivity contribution in [2.24, 2.45) is 0 Å². The zero-order valence-corrected chi connectivity index (χ0v) is 13.7. The van der Waals surface area contributed by atoms with Crippen molar-refractivity contribution in [2.75, 3.05) is 0 Å². The van der Waals surface area contributed by atoms with Gasteiger partial charge >= 0.3 is 0 Å². The van der Waals surface area contributed by atoms with Crippen LogP contribution in [-0.2, 0) is 6.54 Å². The van der Waals surface area contributed by atoms with Crippen LogP contribution in [0.3, 0.4) is 0 Å². The Morgan fingerprint density at radius 1 is 1.38 bits per heavy atom. The van der Waals surface area contributed by atoms with Crippen molar-refractivity contribution in [2.45, 2.75) is 27.3 Å². The first-order valence-corrected chi connectivity index (χ1v) is 7.85. The lowest BCUT2D eigenvalue weighted by Crippen LogP contribution is -2.23. The van der Waals surface area contributed by atoms with Crippen LogP contribution in [0.15, 0.2) is 23.1 Å². The van der Waals surface area contributed by atoms with Gasteiger partial charge < -0.3 is 4.98 Å². The van der Waals surface area contributed by atoms with E-state index in [0.717, 1.165) is 31.9 Å². The standard InChI is InChI=1S/C15H15N3OS2/c1-8-5-4-6-16-11(8)7-18-14(19)12-9(2)10(3)21-13(12)17-15(18)20/h4-6H,7H2,1-3H3,(H,17,20). The van der Waals surface area contributed by atoms with Crippen molar-refractivity contribution >= 4 is 33.8 Å². The molecule has 0 aliphatic heterocycles. The highest BCUT2D eigenvalue weighted by Crippen LogP contribution is 2.25. The Hall–Kier alpha value is -1.79. The van der Waals surface area contributed by atoms with Gasteiger partial charge in [0.05, 0.1) is 17.6 Å². The van der Waals surface area contributed by atoms with E-state index in [2.05, 4.69) is 9.97 Å². The second-order valence-electron chi connectivity index (χ2n) is 5.08. The number of thiophene rings is 1. The van der Waals surface area contributed by atoms with E-state index < -0.39 is 0 Å². The normalized spacial score (nSPS) is 11.2. The highest BCUT2D eigenvalue weighted by Gasteiger charge is 2.13. The summed E-state index contributed by atoms with van der Waals surface area (Å²) in [6, 6.07) is 3.87. The molecule has 3 aromatic rings.